The molecule has 0 amide bonds. The van der Waals surface area contributed by atoms with Crippen LogP contribution < -0.4 is 14.2 Å². The normalized spacial score (nSPS) is 17.2. The van der Waals surface area contributed by atoms with Crippen LogP contribution in [-0.4, -0.2) is 59.8 Å². The maximum atomic E-state index is 5.60. The minimum Gasteiger partial charge on any atom is -0.496 e. The summed E-state index contributed by atoms with van der Waals surface area (Å²) in [6.07, 6.45) is 4.14. The lowest BCUT2D eigenvalue weighted by molar-refractivity contribution is 0.192. The van der Waals surface area contributed by atoms with Crippen molar-refractivity contribution in [3.8, 4) is 17.2 Å². The highest BCUT2D eigenvalue weighted by atomic mass is 32.2. The summed E-state index contributed by atoms with van der Waals surface area (Å²) in [7, 11) is 7.03. The predicted molar refractivity (Wildman–Crippen MR) is 115 cm³/mol. The molecule has 2 aromatic rings. The first-order valence-corrected chi connectivity index (χ1v) is 10.7. The van der Waals surface area contributed by atoms with Crippen LogP contribution in [0.25, 0.3) is 0 Å². The summed E-state index contributed by atoms with van der Waals surface area (Å²) in [5.74, 6) is 4.46. The first-order valence-electron chi connectivity index (χ1n) is 9.75. The van der Waals surface area contributed by atoms with Gasteiger partial charge in [0.05, 0.1) is 21.3 Å². The Morgan fingerprint density at radius 3 is 2.55 bits per heavy atom. The zero-order valence-electron chi connectivity index (χ0n) is 17.7. The van der Waals surface area contributed by atoms with Crippen molar-refractivity contribution < 1.29 is 14.2 Å². The average Bonchev–Trinajstić information content (AvgIpc) is 3.12. The van der Waals surface area contributed by atoms with Crippen LogP contribution in [0, 0.1) is 0 Å². The average molecular weight is 419 g/mol. The fourth-order valence-corrected chi connectivity index (χ4v) is 4.46. The fraction of sp³-hybridized carbons (Fsp3) is 0.524. The summed E-state index contributed by atoms with van der Waals surface area (Å²) in [6, 6.07) is 3.90. The molecule has 0 bridgehead atoms. The Morgan fingerprint density at radius 1 is 1.14 bits per heavy atom. The van der Waals surface area contributed by atoms with Crippen LogP contribution in [-0.2, 0) is 13.6 Å². The molecule has 0 spiro atoms. The van der Waals surface area contributed by atoms with Gasteiger partial charge in [0.2, 0.25) is 0 Å². The second-order valence-electron chi connectivity index (χ2n) is 7.09. The number of hydrogen-bond acceptors (Lipinski definition) is 7. The molecular weight excluding hydrogens is 388 g/mol. The van der Waals surface area contributed by atoms with Crippen LogP contribution in [0.5, 0.6) is 17.2 Å². The zero-order valence-corrected chi connectivity index (χ0v) is 18.5. The Hall–Kier alpha value is -2.19. The summed E-state index contributed by atoms with van der Waals surface area (Å²) >= 11 is 1.66. The predicted octanol–water partition coefficient (Wildman–Crippen LogP) is 3.50. The third kappa shape index (κ3) is 4.87. The maximum absolute atomic E-state index is 5.60. The number of hydrogen-bond donors (Lipinski definition) is 0. The highest BCUT2D eigenvalue weighted by molar-refractivity contribution is 7.99. The number of methoxy groups -OCH3 is 3. The van der Waals surface area contributed by atoms with Crippen molar-refractivity contribution >= 4 is 11.8 Å². The van der Waals surface area contributed by atoms with Crippen molar-refractivity contribution in [1.82, 2.24) is 19.7 Å². The molecule has 7 nitrogen and oxygen atoms in total. The van der Waals surface area contributed by atoms with Gasteiger partial charge in [0.1, 0.15) is 11.6 Å². The van der Waals surface area contributed by atoms with E-state index in [4.69, 9.17) is 14.2 Å². The first-order chi connectivity index (χ1) is 14.1. The van der Waals surface area contributed by atoms with E-state index in [0.29, 0.717) is 17.4 Å². The SMILES string of the molecule is C=CCSc1nnc([C@H]2CCCN(Cc3cc(OC)c(OC)cc3OC)C2)n1C. The third-order valence-electron chi connectivity index (χ3n) is 5.25. The van der Waals surface area contributed by atoms with E-state index in [2.05, 4.69) is 33.3 Å². The van der Waals surface area contributed by atoms with E-state index >= 15 is 0 Å². The van der Waals surface area contributed by atoms with Gasteiger partial charge in [0.25, 0.3) is 0 Å². The number of likely N-dealkylation sites (tertiary alicyclic amines) is 1. The highest BCUT2D eigenvalue weighted by Gasteiger charge is 2.27. The highest BCUT2D eigenvalue weighted by Crippen LogP contribution is 2.36. The monoisotopic (exact) mass is 418 g/mol. The van der Waals surface area contributed by atoms with Crippen molar-refractivity contribution in [3.63, 3.8) is 0 Å². The van der Waals surface area contributed by atoms with Gasteiger partial charge in [-0.05, 0) is 25.5 Å². The third-order valence-corrected chi connectivity index (χ3v) is 6.27. The molecule has 1 fully saturated rings. The summed E-state index contributed by atoms with van der Waals surface area (Å²) < 4.78 is 18.6. The Kier molecular flexibility index (Phi) is 7.44. The van der Waals surface area contributed by atoms with Crippen LogP contribution in [0.3, 0.4) is 0 Å². The van der Waals surface area contributed by atoms with Gasteiger partial charge in [0.15, 0.2) is 16.7 Å². The summed E-state index contributed by atoms with van der Waals surface area (Å²) in [6.45, 7) is 6.55. The molecule has 1 aromatic heterocycles. The Balaban J connectivity index is 1.75. The maximum Gasteiger partial charge on any atom is 0.191 e. The molecule has 1 aromatic carbocycles. The van der Waals surface area contributed by atoms with Gasteiger partial charge in [0, 0.05) is 43.4 Å². The van der Waals surface area contributed by atoms with Crippen molar-refractivity contribution in [1.29, 1.82) is 0 Å². The lowest BCUT2D eigenvalue weighted by atomic mass is 9.96. The topological polar surface area (TPSA) is 61.6 Å². The van der Waals surface area contributed by atoms with Crippen LogP contribution >= 0.6 is 11.8 Å². The molecule has 0 radical (unpaired) electrons. The van der Waals surface area contributed by atoms with E-state index in [9.17, 15) is 0 Å². The number of ether oxygens (including phenoxy) is 3. The fourth-order valence-electron chi connectivity index (χ4n) is 3.81. The molecule has 158 valence electrons. The molecule has 29 heavy (non-hydrogen) atoms. The molecule has 1 aliphatic heterocycles. The van der Waals surface area contributed by atoms with Gasteiger partial charge in [-0.15, -0.1) is 16.8 Å². The second kappa shape index (κ2) is 10.0. The molecule has 0 unspecified atom stereocenters. The molecule has 0 aliphatic carbocycles. The molecule has 0 N–H and O–H groups in total. The number of aromatic nitrogens is 3. The second-order valence-corrected chi connectivity index (χ2v) is 8.08. The summed E-state index contributed by atoms with van der Waals surface area (Å²) in [4.78, 5) is 2.45. The van der Waals surface area contributed by atoms with Crippen molar-refractivity contribution in [2.45, 2.75) is 30.5 Å². The van der Waals surface area contributed by atoms with Crippen molar-refractivity contribution in [2.75, 3.05) is 40.2 Å². The smallest absolute Gasteiger partial charge is 0.191 e. The molecule has 2 heterocycles. The van der Waals surface area contributed by atoms with Gasteiger partial charge in [-0.2, -0.15) is 0 Å². The standard InChI is InChI=1S/C21H30N4O3S/c1-6-10-29-21-23-22-20(24(21)2)15-8-7-9-25(13-15)14-16-11-18(27-4)19(28-5)12-17(16)26-3/h6,11-12,15H,1,7-10,13-14H2,2-5H3/t15-/m0/s1. The first kappa shape index (κ1) is 21.5. The van der Waals surface area contributed by atoms with E-state index in [0.717, 1.165) is 60.5 Å². The molecule has 8 heteroatoms. The molecular formula is C21H30N4O3S. The van der Waals surface area contributed by atoms with Gasteiger partial charge in [-0.3, -0.25) is 4.90 Å². The van der Waals surface area contributed by atoms with Gasteiger partial charge in [-0.1, -0.05) is 17.8 Å². The quantitative estimate of drug-likeness (QED) is 0.456. The molecule has 1 aliphatic rings. The molecule has 1 saturated heterocycles. The van der Waals surface area contributed by atoms with E-state index in [1.165, 1.54) is 0 Å². The number of rotatable bonds is 9. The van der Waals surface area contributed by atoms with Crippen LogP contribution in [0.15, 0.2) is 29.9 Å². The molecule has 3 rings (SSSR count). The van der Waals surface area contributed by atoms with Crippen molar-refractivity contribution in [3.05, 3.63) is 36.2 Å². The van der Waals surface area contributed by atoms with E-state index in [-0.39, 0.29) is 0 Å². The van der Waals surface area contributed by atoms with Crippen LogP contribution in [0.4, 0.5) is 0 Å². The van der Waals surface area contributed by atoms with Crippen LogP contribution in [0.1, 0.15) is 30.1 Å². The van der Waals surface area contributed by atoms with E-state index < -0.39 is 0 Å². The zero-order chi connectivity index (χ0) is 20.8. The van der Waals surface area contributed by atoms with Crippen molar-refractivity contribution in [2.24, 2.45) is 7.05 Å². The minimum absolute atomic E-state index is 0.366. The van der Waals surface area contributed by atoms with E-state index in [1.807, 2.05) is 18.2 Å². The number of piperidine rings is 1. The summed E-state index contributed by atoms with van der Waals surface area (Å²) in [5, 5.41) is 9.80. The van der Waals surface area contributed by atoms with Gasteiger partial charge < -0.3 is 18.8 Å². The molecule has 1 atom stereocenters. The Bertz CT molecular complexity index is 840. The van der Waals surface area contributed by atoms with Gasteiger partial charge in [-0.25, -0.2) is 0 Å². The lowest BCUT2D eigenvalue weighted by Crippen LogP contribution is -2.35. The van der Waals surface area contributed by atoms with Gasteiger partial charge >= 0.3 is 0 Å². The molecule has 0 saturated carbocycles. The minimum atomic E-state index is 0.366. The number of thioether (sulfide) groups is 1. The van der Waals surface area contributed by atoms with Crippen LogP contribution in [0.2, 0.25) is 0 Å². The Morgan fingerprint density at radius 2 is 1.86 bits per heavy atom. The largest absolute Gasteiger partial charge is 0.496 e. The number of benzene rings is 1. The number of nitrogens with zero attached hydrogens (tertiary/aromatic N) is 4. The summed E-state index contributed by atoms with van der Waals surface area (Å²) in [5.41, 5.74) is 1.09. The Labute approximate surface area is 177 Å². The van der Waals surface area contributed by atoms with E-state index in [1.54, 1.807) is 33.1 Å². The lowest BCUT2D eigenvalue weighted by Gasteiger charge is -2.32.